The summed E-state index contributed by atoms with van der Waals surface area (Å²) in [5, 5.41) is 0. The van der Waals surface area contributed by atoms with E-state index in [0.29, 0.717) is 5.41 Å². The quantitative estimate of drug-likeness (QED) is 0.178. The largest absolute Gasteiger partial charge is 0.534 e. The summed E-state index contributed by atoms with van der Waals surface area (Å²) in [7, 11) is -5.85. The molecule has 0 N–H and O–H groups in total. The van der Waals surface area contributed by atoms with Crippen molar-refractivity contribution < 1.29 is 35.1 Å². The normalized spacial score (nSPS) is 38.0. The molecule has 0 aromatic heterocycles. The number of hydrogen-bond donors (Lipinski definition) is 0. The third-order valence-electron chi connectivity index (χ3n) is 14.1. The summed E-state index contributed by atoms with van der Waals surface area (Å²) >= 11 is 0. The average Bonchev–Trinajstić information content (AvgIpc) is 3.22. The van der Waals surface area contributed by atoms with Gasteiger partial charge in [0.05, 0.1) is 11.2 Å². The minimum Gasteiger partial charge on any atom is -0.399 e. The van der Waals surface area contributed by atoms with Gasteiger partial charge in [-0.3, -0.25) is 0 Å². The van der Waals surface area contributed by atoms with Gasteiger partial charge >= 0.3 is 22.7 Å². The van der Waals surface area contributed by atoms with Crippen molar-refractivity contribution >= 4 is 22.7 Å². The Bertz CT molecular complexity index is 1580. The third-order valence-corrected chi connectivity index (χ3v) is 15.1. The minimum atomic E-state index is -5.61. The van der Waals surface area contributed by atoms with Crippen LogP contribution >= 0.6 is 0 Å². The molecule has 1 saturated heterocycles. The highest BCUT2D eigenvalue weighted by Gasteiger charge is 2.54. The van der Waals surface area contributed by atoms with Crippen LogP contribution in [0.2, 0.25) is 0 Å². The van der Waals surface area contributed by atoms with E-state index in [1.54, 1.807) is 17.7 Å². The number of hydrogen-bond acceptors (Lipinski definition) is 5. The van der Waals surface area contributed by atoms with Gasteiger partial charge in [0, 0.05) is 0 Å². The maximum Gasteiger partial charge on any atom is 0.534 e. The Hall–Kier alpha value is -2.04. The summed E-state index contributed by atoms with van der Waals surface area (Å²) in [5.41, 5.74) is -1.50. The van der Waals surface area contributed by atoms with Gasteiger partial charge in [-0.05, 0) is 180 Å². The molecule has 0 amide bonds. The van der Waals surface area contributed by atoms with Crippen LogP contribution in [0.1, 0.15) is 116 Å². The summed E-state index contributed by atoms with van der Waals surface area (Å²) in [6.45, 7) is 8.49. The fourth-order valence-corrected chi connectivity index (χ4v) is 12.4. The van der Waals surface area contributed by atoms with Crippen LogP contribution in [0.15, 0.2) is 48.5 Å². The second-order valence-corrected chi connectivity index (χ2v) is 19.7. The van der Waals surface area contributed by atoms with Gasteiger partial charge in [0.2, 0.25) is 0 Å². The van der Waals surface area contributed by atoms with Crippen molar-refractivity contribution in [1.82, 2.24) is 0 Å². The minimum absolute atomic E-state index is 0.121. The van der Waals surface area contributed by atoms with E-state index in [1.807, 2.05) is 0 Å². The molecule has 0 radical (unpaired) electrons. The van der Waals surface area contributed by atoms with E-state index in [4.69, 9.17) is 9.31 Å². The smallest absolute Gasteiger partial charge is 0.399 e. The predicted molar refractivity (Wildman–Crippen MR) is 184 cm³/mol. The zero-order valence-corrected chi connectivity index (χ0v) is 30.0. The topological polar surface area (TPSA) is 61.8 Å². The molecular formula is C39H50BF3O5S. The van der Waals surface area contributed by atoms with Crippen LogP contribution in [-0.4, -0.2) is 32.2 Å². The molecule has 1 aliphatic heterocycles. The number of halogens is 3. The maximum absolute atomic E-state index is 12.4. The van der Waals surface area contributed by atoms with Crippen LogP contribution in [0.3, 0.4) is 0 Å². The molecule has 8 aliphatic carbocycles. The molecule has 49 heavy (non-hydrogen) atoms. The number of benzene rings is 2. The molecule has 1 heterocycles. The Labute approximate surface area is 290 Å². The van der Waals surface area contributed by atoms with Crippen LogP contribution in [0.5, 0.6) is 5.75 Å². The monoisotopic (exact) mass is 698 g/mol. The molecular weight excluding hydrogens is 648 g/mol. The highest BCUT2D eigenvalue weighted by molar-refractivity contribution is 7.88. The molecule has 11 rings (SSSR count). The van der Waals surface area contributed by atoms with Gasteiger partial charge in [-0.2, -0.15) is 21.6 Å². The molecule has 2 aromatic carbocycles. The Kier molecular flexibility index (Phi) is 7.98. The van der Waals surface area contributed by atoms with Crippen molar-refractivity contribution in [1.29, 1.82) is 0 Å². The Morgan fingerprint density at radius 3 is 1.27 bits per heavy atom. The van der Waals surface area contributed by atoms with E-state index in [0.717, 1.165) is 65.8 Å². The first-order valence-electron chi connectivity index (χ1n) is 18.5. The summed E-state index contributed by atoms with van der Waals surface area (Å²) < 4.78 is 76.0. The van der Waals surface area contributed by atoms with Crippen LogP contribution in [0.25, 0.3) is 0 Å². The lowest BCUT2D eigenvalue weighted by atomic mass is 9.48. The molecule has 8 bridgehead atoms. The van der Waals surface area contributed by atoms with E-state index >= 15 is 0 Å². The van der Waals surface area contributed by atoms with E-state index < -0.39 is 15.6 Å². The van der Waals surface area contributed by atoms with Gasteiger partial charge in [0.1, 0.15) is 5.75 Å². The second kappa shape index (κ2) is 11.5. The number of rotatable bonds is 5. The molecule has 8 saturated carbocycles. The predicted octanol–water partition coefficient (Wildman–Crippen LogP) is 8.84. The fourth-order valence-electron chi connectivity index (χ4n) is 11.9. The highest BCUT2D eigenvalue weighted by atomic mass is 32.2. The molecule has 9 fully saturated rings. The van der Waals surface area contributed by atoms with Crippen LogP contribution in [-0.2, 0) is 30.3 Å². The van der Waals surface area contributed by atoms with Crippen molar-refractivity contribution in [3.05, 3.63) is 59.7 Å². The first-order valence-corrected chi connectivity index (χ1v) is 19.9. The number of alkyl halides is 3. The van der Waals surface area contributed by atoms with Crippen LogP contribution in [0, 0.1) is 35.5 Å². The lowest BCUT2D eigenvalue weighted by molar-refractivity contribution is -0.0500. The zero-order valence-electron chi connectivity index (χ0n) is 29.2. The van der Waals surface area contributed by atoms with E-state index in [-0.39, 0.29) is 29.5 Å². The summed E-state index contributed by atoms with van der Waals surface area (Å²) in [6, 6.07) is 15.5. The molecule has 266 valence electrons. The lowest BCUT2D eigenvalue weighted by Gasteiger charge is -2.57. The summed E-state index contributed by atoms with van der Waals surface area (Å²) in [5.74, 6) is 4.98. The standard InChI is InChI=1S/C22H31BO2.C17H19F3O3S/c1-20(2)21(3,4)25-23(24-20)19-7-5-18(6-8-19)22-12-15-9-16(13-22)11-17(10-15)14-22;18-17(19,20)24(21,22)23-15-3-1-14(2-4-15)16-8-11-5-12(9-16)7-13(6-11)10-16/h5-8,15-17H,9-14H2,1-4H3;1-4,11-13H,5-10H2. The highest BCUT2D eigenvalue weighted by Crippen LogP contribution is 2.62. The molecule has 2 aromatic rings. The fraction of sp³-hybridized carbons (Fsp3) is 0.692. The van der Waals surface area contributed by atoms with E-state index in [1.165, 1.54) is 69.9 Å². The van der Waals surface area contributed by atoms with Gasteiger partial charge in [0.15, 0.2) is 0 Å². The maximum atomic E-state index is 12.4. The Balaban J connectivity index is 0.000000142. The van der Waals surface area contributed by atoms with Crippen molar-refractivity contribution in [2.45, 2.75) is 132 Å². The van der Waals surface area contributed by atoms with E-state index in [9.17, 15) is 21.6 Å². The van der Waals surface area contributed by atoms with Gasteiger partial charge in [-0.25, -0.2) is 0 Å². The van der Waals surface area contributed by atoms with Gasteiger partial charge in [0.25, 0.3) is 0 Å². The average molecular weight is 699 g/mol. The van der Waals surface area contributed by atoms with Gasteiger partial charge < -0.3 is 13.5 Å². The summed E-state index contributed by atoms with van der Waals surface area (Å²) in [4.78, 5) is 0. The van der Waals surface area contributed by atoms with Crippen molar-refractivity contribution in [3.8, 4) is 5.75 Å². The Morgan fingerprint density at radius 2 is 0.939 bits per heavy atom. The molecule has 5 nitrogen and oxygen atoms in total. The van der Waals surface area contributed by atoms with Gasteiger partial charge in [-0.15, -0.1) is 0 Å². The first kappa shape index (κ1) is 34.1. The second-order valence-electron chi connectivity index (χ2n) is 18.1. The third kappa shape index (κ3) is 6.07. The molecule has 10 heteroatoms. The van der Waals surface area contributed by atoms with Crippen LogP contribution < -0.4 is 9.65 Å². The molecule has 0 spiro atoms. The first-order chi connectivity index (χ1) is 22.9. The summed E-state index contributed by atoms with van der Waals surface area (Å²) in [6.07, 6.45) is 16.1. The van der Waals surface area contributed by atoms with E-state index in [2.05, 4.69) is 56.1 Å². The molecule has 0 atom stereocenters. The Morgan fingerprint density at radius 1 is 0.612 bits per heavy atom. The molecule has 9 aliphatic rings. The van der Waals surface area contributed by atoms with Gasteiger partial charge in [-0.1, -0.05) is 36.4 Å². The zero-order chi connectivity index (χ0) is 34.6. The molecule has 0 unspecified atom stereocenters. The van der Waals surface area contributed by atoms with Crippen molar-refractivity contribution in [3.63, 3.8) is 0 Å². The lowest BCUT2D eigenvalue weighted by Crippen LogP contribution is -2.48. The SMILES string of the molecule is CC1(C)OB(c2ccc(C34CC5CC(CC(C5)C3)C4)cc2)OC1(C)C.O=S(=O)(Oc1ccc(C23CC4CC(CC(C4)C2)C3)cc1)C(F)(F)F. The van der Waals surface area contributed by atoms with Crippen molar-refractivity contribution in [2.24, 2.45) is 35.5 Å². The van der Waals surface area contributed by atoms with Crippen molar-refractivity contribution in [2.75, 3.05) is 0 Å². The van der Waals surface area contributed by atoms with Crippen LogP contribution in [0.4, 0.5) is 13.2 Å².